The van der Waals surface area contributed by atoms with E-state index in [1.165, 1.54) is 22.5 Å². The summed E-state index contributed by atoms with van der Waals surface area (Å²) in [7, 11) is -7.72. The second-order valence-corrected chi connectivity index (χ2v) is 7.91. The highest BCUT2D eigenvalue weighted by molar-refractivity contribution is 7.90. The number of primary sulfonamides is 1. The van der Waals surface area contributed by atoms with E-state index in [1.807, 2.05) is 0 Å². The van der Waals surface area contributed by atoms with Crippen molar-refractivity contribution < 1.29 is 16.8 Å². The molecule has 112 valence electrons. The summed E-state index contributed by atoms with van der Waals surface area (Å²) in [6.45, 7) is 7.54. The molecule has 0 saturated carbocycles. The molecular weight excluding hydrogens is 300 g/mol. The molecule has 6 nitrogen and oxygen atoms in total. The standard InChI is InChI=1S/C12H18N2O4S2/c1-4-14(9-10(2)3)20(17,18)12-7-5-6-11(8-12)19(13,15)16/h5-8H,2,4,9H2,1,3H3,(H2,13,15,16). The molecule has 0 radical (unpaired) electrons. The zero-order chi connectivity index (χ0) is 15.6. The van der Waals surface area contributed by atoms with E-state index in [9.17, 15) is 16.8 Å². The first-order chi connectivity index (χ1) is 9.09. The molecule has 0 heterocycles. The minimum Gasteiger partial charge on any atom is -0.225 e. The van der Waals surface area contributed by atoms with E-state index in [2.05, 4.69) is 6.58 Å². The number of hydrogen-bond donors (Lipinski definition) is 1. The van der Waals surface area contributed by atoms with Crippen LogP contribution in [0.15, 0.2) is 46.2 Å². The van der Waals surface area contributed by atoms with Gasteiger partial charge < -0.3 is 0 Å². The number of sulfonamides is 2. The van der Waals surface area contributed by atoms with Crippen LogP contribution in [0.5, 0.6) is 0 Å². The molecule has 0 unspecified atom stereocenters. The third-order valence-electron chi connectivity index (χ3n) is 2.57. The Morgan fingerprint density at radius 2 is 1.80 bits per heavy atom. The van der Waals surface area contributed by atoms with E-state index in [4.69, 9.17) is 5.14 Å². The van der Waals surface area contributed by atoms with Crippen LogP contribution in [0, 0.1) is 0 Å². The number of benzene rings is 1. The molecule has 0 aromatic heterocycles. The summed E-state index contributed by atoms with van der Waals surface area (Å²) in [6, 6.07) is 5.00. The molecule has 0 aliphatic carbocycles. The Labute approximate surface area is 120 Å². The molecule has 2 N–H and O–H groups in total. The van der Waals surface area contributed by atoms with Crippen molar-refractivity contribution >= 4 is 20.0 Å². The molecule has 0 spiro atoms. The average molecular weight is 318 g/mol. The molecular formula is C12H18N2O4S2. The van der Waals surface area contributed by atoms with Gasteiger partial charge >= 0.3 is 0 Å². The fourth-order valence-corrected chi connectivity index (χ4v) is 3.82. The van der Waals surface area contributed by atoms with E-state index >= 15 is 0 Å². The van der Waals surface area contributed by atoms with Gasteiger partial charge in [-0.05, 0) is 25.1 Å². The molecule has 0 saturated heterocycles. The molecule has 8 heteroatoms. The van der Waals surface area contributed by atoms with Crippen LogP contribution in [0.2, 0.25) is 0 Å². The van der Waals surface area contributed by atoms with Crippen LogP contribution in [0.4, 0.5) is 0 Å². The highest BCUT2D eigenvalue weighted by Crippen LogP contribution is 2.19. The van der Waals surface area contributed by atoms with Gasteiger partial charge in [0.25, 0.3) is 0 Å². The van der Waals surface area contributed by atoms with Crippen LogP contribution in [0.1, 0.15) is 13.8 Å². The lowest BCUT2D eigenvalue weighted by atomic mass is 10.3. The predicted octanol–water partition coefficient (Wildman–Crippen LogP) is 0.921. The molecule has 20 heavy (non-hydrogen) atoms. The number of nitrogens with zero attached hydrogens (tertiary/aromatic N) is 1. The quantitative estimate of drug-likeness (QED) is 0.789. The maximum absolute atomic E-state index is 12.4. The van der Waals surface area contributed by atoms with Crippen molar-refractivity contribution in [2.45, 2.75) is 23.6 Å². The average Bonchev–Trinajstić information content (AvgIpc) is 2.34. The van der Waals surface area contributed by atoms with Crippen LogP contribution >= 0.6 is 0 Å². The number of likely N-dealkylation sites (N-methyl/N-ethyl adjacent to an activating group) is 1. The number of rotatable bonds is 6. The zero-order valence-corrected chi connectivity index (χ0v) is 13.0. The van der Waals surface area contributed by atoms with E-state index in [0.717, 1.165) is 6.07 Å². The van der Waals surface area contributed by atoms with E-state index in [0.29, 0.717) is 5.57 Å². The maximum Gasteiger partial charge on any atom is 0.243 e. The second kappa shape index (κ2) is 6.04. The Morgan fingerprint density at radius 3 is 2.25 bits per heavy atom. The minimum absolute atomic E-state index is 0.105. The Morgan fingerprint density at radius 1 is 1.25 bits per heavy atom. The fourth-order valence-electron chi connectivity index (χ4n) is 1.63. The minimum atomic E-state index is -3.94. The summed E-state index contributed by atoms with van der Waals surface area (Å²) in [6.07, 6.45) is 0. The lowest BCUT2D eigenvalue weighted by Gasteiger charge is -2.20. The third-order valence-corrected chi connectivity index (χ3v) is 5.40. The van der Waals surface area contributed by atoms with Gasteiger partial charge in [0.2, 0.25) is 20.0 Å². The number of nitrogens with two attached hydrogens (primary N) is 1. The Hall–Kier alpha value is -1.22. The second-order valence-electron chi connectivity index (χ2n) is 4.41. The summed E-state index contributed by atoms with van der Waals surface area (Å²) < 4.78 is 48.6. The highest BCUT2D eigenvalue weighted by Gasteiger charge is 2.24. The van der Waals surface area contributed by atoms with Gasteiger partial charge in [-0.1, -0.05) is 25.1 Å². The maximum atomic E-state index is 12.4. The summed E-state index contributed by atoms with van der Waals surface area (Å²) in [4.78, 5) is -0.336. The largest absolute Gasteiger partial charge is 0.243 e. The van der Waals surface area contributed by atoms with Crippen LogP contribution in [0.3, 0.4) is 0 Å². The Bertz CT molecular complexity index is 709. The monoisotopic (exact) mass is 318 g/mol. The first kappa shape index (κ1) is 16.8. The highest BCUT2D eigenvalue weighted by atomic mass is 32.2. The van der Waals surface area contributed by atoms with Crippen molar-refractivity contribution in [3.63, 3.8) is 0 Å². The van der Waals surface area contributed by atoms with Gasteiger partial charge in [-0.15, -0.1) is 0 Å². The first-order valence-electron chi connectivity index (χ1n) is 5.86. The van der Waals surface area contributed by atoms with Crippen molar-refractivity contribution in [2.75, 3.05) is 13.1 Å². The molecule has 1 aromatic carbocycles. The van der Waals surface area contributed by atoms with Crippen LogP contribution in [-0.4, -0.2) is 34.2 Å². The van der Waals surface area contributed by atoms with Gasteiger partial charge in [0.15, 0.2) is 0 Å². The van der Waals surface area contributed by atoms with Crippen LogP contribution in [0.25, 0.3) is 0 Å². The molecule has 1 aromatic rings. The zero-order valence-electron chi connectivity index (χ0n) is 11.4. The molecule has 0 bridgehead atoms. The summed E-state index contributed by atoms with van der Waals surface area (Å²) in [5.41, 5.74) is 0.693. The molecule has 0 aliphatic heterocycles. The lowest BCUT2D eigenvalue weighted by molar-refractivity contribution is 0.452. The van der Waals surface area contributed by atoms with E-state index in [-0.39, 0.29) is 22.9 Å². The smallest absolute Gasteiger partial charge is 0.225 e. The van der Waals surface area contributed by atoms with Crippen LogP contribution in [-0.2, 0) is 20.0 Å². The molecule has 0 fully saturated rings. The topological polar surface area (TPSA) is 97.5 Å². The number of hydrogen-bond acceptors (Lipinski definition) is 4. The molecule has 0 aliphatic rings. The SMILES string of the molecule is C=C(C)CN(CC)S(=O)(=O)c1cccc(S(N)(=O)=O)c1. The summed E-state index contributed by atoms with van der Waals surface area (Å²) >= 11 is 0. The van der Waals surface area contributed by atoms with Crippen molar-refractivity contribution in [2.24, 2.45) is 5.14 Å². The molecule has 0 amide bonds. The van der Waals surface area contributed by atoms with Crippen LogP contribution < -0.4 is 5.14 Å². The van der Waals surface area contributed by atoms with Crippen molar-refractivity contribution in [3.05, 3.63) is 36.4 Å². The van der Waals surface area contributed by atoms with Gasteiger partial charge in [-0.25, -0.2) is 22.0 Å². The third kappa shape index (κ3) is 3.89. The predicted molar refractivity (Wildman–Crippen MR) is 77.1 cm³/mol. The molecule has 1 rings (SSSR count). The van der Waals surface area contributed by atoms with Gasteiger partial charge in [0, 0.05) is 13.1 Å². The van der Waals surface area contributed by atoms with Gasteiger partial charge in [-0.3, -0.25) is 0 Å². The summed E-state index contributed by atoms with van der Waals surface area (Å²) in [5.74, 6) is 0. The first-order valence-corrected chi connectivity index (χ1v) is 8.85. The van der Waals surface area contributed by atoms with E-state index in [1.54, 1.807) is 13.8 Å². The Kier molecular flexibility index (Phi) is 5.09. The van der Waals surface area contributed by atoms with Gasteiger partial charge in [0.05, 0.1) is 9.79 Å². The van der Waals surface area contributed by atoms with Gasteiger partial charge in [0.1, 0.15) is 0 Å². The van der Waals surface area contributed by atoms with Crippen molar-refractivity contribution in [1.29, 1.82) is 0 Å². The van der Waals surface area contributed by atoms with Crippen molar-refractivity contribution in [3.8, 4) is 0 Å². The Balaban J connectivity index is 3.32. The normalized spacial score (nSPS) is 12.6. The summed E-state index contributed by atoms with van der Waals surface area (Å²) in [5, 5.41) is 5.01. The van der Waals surface area contributed by atoms with Crippen molar-refractivity contribution in [1.82, 2.24) is 4.31 Å². The molecule has 0 atom stereocenters. The fraction of sp³-hybridized carbons (Fsp3) is 0.333. The lowest BCUT2D eigenvalue weighted by Crippen LogP contribution is -2.32. The van der Waals surface area contributed by atoms with E-state index < -0.39 is 20.0 Å². The van der Waals surface area contributed by atoms with Gasteiger partial charge in [-0.2, -0.15) is 4.31 Å².